The quantitative estimate of drug-likeness (QED) is 0.681. The van der Waals surface area contributed by atoms with Gasteiger partial charge >= 0.3 is 0 Å². The number of aromatic nitrogens is 4. The Bertz CT molecular complexity index is 815. The molecule has 3 aromatic heterocycles. The zero-order valence-corrected chi connectivity index (χ0v) is 12.9. The second-order valence-electron chi connectivity index (χ2n) is 5.12. The highest BCUT2D eigenvalue weighted by atomic mass is 15.1. The zero-order chi connectivity index (χ0) is 16.2. The van der Waals surface area contributed by atoms with Crippen LogP contribution in [-0.4, -0.2) is 19.9 Å². The van der Waals surface area contributed by atoms with Crippen LogP contribution >= 0.6 is 0 Å². The topological polar surface area (TPSA) is 102 Å². The molecule has 116 valence electrons. The molecule has 0 spiro atoms. The summed E-state index contributed by atoms with van der Waals surface area (Å²) >= 11 is 0. The fourth-order valence-electron chi connectivity index (χ4n) is 1.99. The van der Waals surface area contributed by atoms with Crippen molar-refractivity contribution in [2.24, 2.45) is 0 Å². The Morgan fingerprint density at radius 3 is 2.26 bits per heavy atom. The average Bonchev–Trinajstić information content (AvgIpc) is 2.53. The Kier molecular flexibility index (Phi) is 4.01. The number of pyridine rings is 2. The summed E-state index contributed by atoms with van der Waals surface area (Å²) in [6.07, 6.45) is 3.21. The van der Waals surface area contributed by atoms with Gasteiger partial charge in [0.2, 0.25) is 0 Å². The van der Waals surface area contributed by atoms with Gasteiger partial charge in [0.25, 0.3) is 0 Å². The van der Waals surface area contributed by atoms with Crippen LogP contribution in [0.2, 0.25) is 0 Å². The Balaban J connectivity index is 1.84. The second kappa shape index (κ2) is 6.27. The molecule has 4 N–H and O–H groups in total. The van der Waals surface area contributed by atoms with Crippen LogP contribution in [0.1, 0.15) is 11.3 Å². The summed E-state index contributed by atoms with van der Waals surface area (Å²) in [5, 5.41) is 6.19. The van der Waals surface area contributed by atoms with E-state index in [2.05, 4.69) is 30.6 Å². The molecule has 0 aromatic carbocycles. The highest BCUT2D eigenvalue weighted by Crippen LogP contribution is 2.26. The summed E-state index contributed by atoms with van der Waals surface area (Å²) in [7, 11) is 0. The molecular formula is C16H17N7. The minimum absolute atomic E-state index is 0.401. The first-order valence-corrected chi connectivity index (χ1v) is 7.12. The van der Waals surface area contributed by atoms with Crippen LogP contribution in [0, 0.1) is 13.8 Å². The summed E-state index contributed by atoms with van der Waals surface area (Å²) in [4.78, 5) is 17.0. The molecule has 3 aromatic rings. The molecular weight excluding hydrogens is 290 g/mol. The van der Waals surface area contributed by atoms with Crippen LogP contribution in [0.25, 0.3) is 0 Å². The molecule has 0 aliphatic rings. The number of rotatable bonds is 4. The van der Waals surface area contributed by atoms with Crippen LogP contribution in [-0.2, 0) is 0 Å². The Hall–Kier alpha value is -3.22. The highest BCUT2D eigenvalue weighted by molar-refractivity contribution is 5.79. The maximum atomic E-state index is 6.14. The van der Waals surface area contributed by atoms with Crippen molar-refractivity contribution in [1.82, 2.24) is 19.9 Å². The molecule has 0 aliphatic carbocycles. The molecule has 0 unspecified atom stereocenters. The number of nitrogens with two attached hydrogens (primary N) is 1. The van der Waals surface area contributed by atoms with E-state index in [0.717, 1.165) is 11.3 Å². The largest absolute Gasteiger partial charge is 0.393 e. The third-order valence-corrected chi connectivity index (χ3v) is 3.18. The van der Waals surface area contributed by atoms with Gasteiger partial charge in [-0.3, -0.25) is 0 Å². The van der Waals surface area contributed by atoms with Crippen LogP contribution < -0.4 is 16.4 Å². The lowest BCUT2D eigenvalue weighted by Gasteiger charge is -2.12. The predicted molar refractivity (Wildman–Crippen MR) is 91.0 cm³/mol. The number of aryl methyl sites for hydroxylation is 2. The van der Waals surface area contributed by atoms with Crippen molar-refractivity contribution < 1.29 is 0 Å². The van der Waals surface area contributed by atoms with E-state index < -0.39 is 0 Å². The standard InChI is InChI=1S/C16H17N7/c1-10-6-7-12(18-8-10)22-15-14(17)16(20-9-19-15)23-13-5-3-4-11(2)21-13/h3-9H,17H2,1-2H3,(H2,18,19,20,21,22,23). The molecule has 0 amide bonds. The van der Waals surface area contributed by atoms with Gasteiger partial charge in [0.1, 0.15) is 23.7 Å². The van der Waals surface area contributed by atoms with E-state index in [-0.39, 0.29) is 0 Å². The molecule has 0 aliphatic heterocycles. The molecule has 3 heterocycles. The minimum Gasteiger partial charge on any atom is -0.393 e. The average molecular weight is 307 g/mol. The van der Waals surface area contributed by atoms with E-state index in [0.29, 0.717) is 29.0 Å². The number of hydrogen-bond acceptors (Lipinski definition) is 7. The van der Waals surface area contributed by atoms with Crippen molar-refractivity contribution in [3.8, 4) is 0 Å². The van der Waals surface area contributed by atoms with Gasteiger partial charge in [-0.05, 0) is 37.6 Å². The van der Waals surface area contributed by atoms with Gasteiger partial charge in [-0.25, -0.2) is 19.9 Å². The van der Waals surface area contributed by atoms with Gasteiger partial charge < -0.3 is 16.4 Å². The molecule has 0 saturated heterocycles. The third-order valence-electron chi connectivity index (χ3n) is 3.18. The number of hydrogen-bond donors (Lipinski definition) is 3. The molecule has 0 bridgehead atoms. The molecule has 7 heteroatoms. The van der Waals surface area contributed by atoms with Crippen LogP contribution in [0.4, 0.5) is 29.0 Å². The summed E-state index contributed by atoms with van der Waals surface area (Å²) < 4.78 is 0. The summed E-state index contributed by atoms with van der Waals surface area (Å²) in [5.74, 6) is 2.33. The number of nitrogens with one attached hydrogen (secondary N) is 2. The van der Waals surface area contributed by atoms with Gasteiger partial charge in [0.05, 0.1) is 0 Å². The van der Waals surface area contributed by atoms with Crippen molar-refractivity contribution in [2.75, 3.05) is 16.4 Å². The highest BCUT2D eigenvalue weighted by Gasteiger charge is 2.09. The summed E-state index contributed by atoms with van der Waals surface area (Å²) in [6, 6.07) is 9.51. The van der Waals surface area contributed by atoms with Gasteiger partial charge in [0, 0.05) is 11.9 Å². The first-order valence-electron chi connectivity index (χ1n) is 7.12. The maximum absolute atomic E-state index is 6.14. The van der Waals surface area contributed by atoms with E-state index >= 15 is 0 Å². The number of nitrogen functional groups attached to an aromatic ring is 1. The van der Waals surface area contributed by atoms with E-state index in [1.54, 1.807) is 6.20 Å². The molecule has 0 atom stereocenters. The molecule has 0 fully saturated rings. The lowest BCUT2D eigenvalue weighted by molar-refractivity contribution is 1.14. The smallest absolute Gasteiger partial charge is 0.160 e. The Morgan fingerprint density at radius 1 is 0.870 bits per heavy atom. The lowest BCUT2D eigenvalue weighted by atomic mass is 10.3. The van der Waals surface area contributed by atoms with Crippen molar-refractivity contribution in [1.29, 1.82) is 0 Å². The van der Waals surface area contributed by atoms with Crippen molar-refractivity contribution in [3.05, 3.63) is 54.1 Å². The minimum atomic E-state index is 0.401. The maximum Gasteiger partial charge on any atom is 0.160 e. The van der Waals surface area contributed by atoms with Crippen LogP contribution in [0.15, 0.2) is 42.9 Å². The normalized spacial score (nSPS) is 10.3. The van der Waals surface area contributed by atoms with Crippen LogP contribution in [0.3, 0.4) is 0 Å². The first-order chi connectivity index (χ1) is 11.1. The van der Waals surface area contributed by atoms with Gasteiger partial charge in [-0.15, -0.1) is 0 Å². The van der Waals surface area contributed by atoms with Crippen LogP contribution in [0.5, 0.6) is 0 Å². The Morgan fingerprint density at radius 2 is 1.61 bits per heavy atom. The van der Waals surface area contributed by atoms with Gasteiger partial charge in [0.15, 0.2) is 11.6 Å². The second-order valence-corrected chi connectivity index (χ2v) is 5.12. The van der Waals surface area contributed by atoms with Gasteiger partial charge in [-0.1, -0.05) is 12.1 Å². The third kappa shape index (κ3) is 3.52. The predicted octanol–water partition coefficient (Wildman–Crippen LogP) is 2.95. The van der Waals surface area contributed by atoms with Crippen molar-refractivity contribution in [2.45, 2.75) is 13.8 Å². The number of nitrogens with zero attached hydrogens (tertiary/aromatic N) is 4. The van der Waals surface area contributed by atoms with E-state index in [4.69, 9.17) is 5.73 Å². The molecule has 23 heavy (non-hydrogen) atoms. The Labute approximate surface area is 134 Å². The fraction of sp³-hybridized carbons (Fsp3) is 0.125. The van der Waals surface area contributed by atoms with E-state index in [1.807, 2.05) is 44.2 Å². The molecule has 7 nitrogen and oxygen atoms in total. The van der Waals surface area contributed by atoms with Crippen molar-refractivity contribution in [3.63, 3.8) is 0 Å². The first kappa shape index (κ1) is 14.7. The summed E-state index contributed by atoms with van der Waals surface area (Å²) in [6.45, 7) is 3.90. The zero-order valence-electron chi connectivity index (χ0n) is 12.9. The van der Waals surface area contributed by atoms with E-state index in [1.165, 1.54) is 6.33 Å². The lowest BCUT2D eigenvalue weighted by Crippen LogP contribution is -2.06. The molecule has 0 saturated carbocycles. The molecule has 0 radical (unpaired) electrons. The monoisotopic (exact) mass is 307 g/mol. The fourth-order valence-corrected chi connectivity index (χ4v) is 1.99. The molecule has 3 rings (SSSR count). The summed E-state index contributed by atoms with van der Waals surface area (Å²) in [5.41, 5.74) is 8.53. The van der Waals surface area contributed by atoms with E-state index in [9.17, 15) is 0 Å². The number of anilines is 5. The van der Waals surface area contributed by atoms with Gasteiger partial charge in [-0.2, -0.15) is 0 Å². The SMILES string of the molecule is Cc1ccc(Nc2ncnc(Nc3cccc(C)n3)c2N)nc1. The van der Waals surface area contributed by atoms with Crippen molar-refractivity contribution >= 4 is 29.0 Å².